The summed E-state index contributed by atoms with van der Waals surface area (Å²) in [6.45, 7) is 2.30. The molecule has 4 atom stereocenters. The first-order chi connectivity index (χ1) is 22.3. The molecule has 0 radical (unpaired) electrons. The first kappa shape index (κ1) is 32.2. The second-order valence-electron chi connectivity index (χ2n) is 11.4. The van der Waals surface area contributed by atoms with E-state index < -0.39 is 16.3 Å². The zero-order valence-corrected chi connectivity index (χ0v) is 27.3. The molecule has 238 valence electrons. The molecule has 6 rings (SSSR count). The van der Waals surface area contributed by atoms with Gasteiger partial charge in [-0.3, -0.25) is 0 Å². The highest BCUT2D eigenvalue weighted by Crippen LogP contribution is 2.43. The molecule has 0 spiro atoms. The van der Waals surface area contributed by atoms with Gasteiger partial charge in [-0.25, -0.2) is 18.1 Å². The molecule has 4 unspecified atom stereocenters. The van der Waals surface area contributed by atoms with E-state index >= 15 is 0 Å². The summed E-state index contributed by atoms with van der Waals surface area (Å²) in [5, 5.41) is 10.5. The third kappa shape index (κ3) is 7.28. The highest BCUT2D eigenvalue weighted by atomic mass is 32.2. The van der Waals surface area contributed by atoms with Gasteiger partial charge >= 0.3 is 0 Å². The molecule has 1 fully saturated rings. The second-order valence-corrected chi connectivity index (χ2v) is 14.1. The van der Waals surface area contributed by atoms with Crippen molar-refractivity contribution in [3.05, 3.63) is 138 Å². The molecule has 4 aromatic carbocycles. The van der Waals surface area contributed by atoms with Crippen molar-refractivity contribution in [3.63, 3.8) is 0 Å². The Balaban J connectivity index is 1.22. The molecule has 1 saturated heterocycles. The summed E-state index contributed by atoms with van der Waals surface area (Å²) >= 11 is 1.66. The molecular formula is C36H37N3O5S2. The number of sulfonamides is 1. The lowest BCUT2D eigenvalue weighted by Gasteiger charge is -2.41. The monoisotopic (exact) mass is 655 g/mol. The smallest absolute Gasteiger partial charge is 0.240 e. The van der Waals surface area contributed by atoms with Crippen molar-refractivity contribution in [2.75, 3.05) is 5.75 Å². The maximum atomic E-state index is 12.9. The number of aryl methyl sites for hydroxylation is 1. The number of imidazole rings is 1. The molecule has 0 bridgehead atoms. The van der Waals surface area contributed by atoms with Crippen LogP contribution in [0.25, 0.3) is 11.1 Å². The summed E-state index contributed by atoms with van der Waals surface area (Å²) in [7, 11) is -1.66. The Bertz CT molecular complexity index is 1850. The predicted molar refractivity (Wildman–Crippen MR) is 179 cm³/mol. The number of nitrogens with zero attached hydrogens (tertiary/aromatic N) is 2. The quantitative estimate of drug-likeness (QED) is 0.154. The van der Waals surface area contributed by atoms with Gasteiger partial charge in [0.15, 0.2) is 11.4 Å². The molecule has 46 heavy (non-hydrogen) atoms. The molecule has 5 aromatic rings. The van der Waals surface area contributed by atoms with Crippen LogP contribution in [-0.2, 0) is 39.7 Å². The van der Waals surface area contributed by atoms with E-state index in [1.807, 2.05) is 90.6 Å². The number of thioether (sulfide) groups is 1. The van der Waals surface area contributed by atoms with Crippen molar-refractivity contribution in [3.8, 4) is 11.1 Å². The molecule has 2 N–H and O–H groups in total. The molecule has 0 amide bonds. The Kier molecular flexibility index (Phi) is 10.0. The van der Waals surface area contributed by atoms with Crippen molar-refractivity contribution in [1.29, 1.82) is 0 Å². The molecule has 1 aliphatic heterocycles. The minimum atomic E-state index is -3.64. The zero-order valence-electron chi connectivity index (χ0n) is 25.7. The number of nitrogens with one attached hydrogen (secondary N) is 1. The topological polar surface area (TPSA) is 103 Å². The van der Waals surface area contributed by atoms with E-state index in [0.717, 1.165) is 38.5 Å². The SMILES string of the molecule is CC1C(CSc2nccn2C)OC(c2ccc(-c3ccccc3CNS(=O)(=O)c3ccccc3)cc2)OC1c1ccc(CO)cc1. The predicted octanol–water partition coefficient (Wildman–Crippen LogP) is 6.64. The summed E-state index contributed by atoms with van der Waals surface area (Å²) in [5.74, 6) is 0.774. The first-order valence-electron chi connectivity index (χ1n) is 15.2. The van der Waals surface area contributed by atoms with Gasteiger partial charge in [-0.15, -0.1) is 0 Å². The zero-order chi connectivity index (χ0) is 32.1. The standard InChI is InChI=1S/C36H37N3O5S2/c1-25-33(24-45-36-37-20-21-39(36)2)43-35(44-34(25)28-14-12-26(23-40)13-15-28)29-18-16-27(17-19-29)32-11-7-6-8-30(32)22-38-46(41,42)31-9-4-3-5-10-31/h3-21,25,33-35,38,40H,22-24H2,1-2H3. The Morgan fingerprint density at radius 3 is 2.28 bits per heavy atom. The molecular weight excluding hydrogens is 619 g/mol. The first-order valence-corrected chi connectivity index (χ1v) is 17.6. The summed E-state index contributed by atoms with van der Waals surface area (Å²) < 4.78 is 43.7. The van der Waals surface area contributed by atoms with Gasteiger partial charge in [0.2, 0.25) is 10.0 Å². The fourth-order valence-electron chi connectivity index (χ4n) is 5.59. The average Bonchev–Trinajstić information content (AvgIpc) is 3.52. The average molecular weight is 656 g/mol. The molecule has 10 heteroatoms. The second kappa shape index (κ2) is 14.3. The molecule has 2 heterocycles. The fraction of sp³-hybridized carbons (Fsp3) is 0.250. The summed E-state index contributed by atoms with van der Waals surface area (Å²) in [6.07, 6.45) is 2.82. The molecule has 8 nitrogen and oxygen atoms in total. The minimum absolute atomic E-state index is 0.00952. The van der Waals surface area contributed by atoms with Crippen LogP contribution in [0.1, 0.15) is 41.6 Å². The molecule has 1 aromatic heterocycles. The van der Waals surface area contributed by atoms with Crippen LogP contribution in [0.2, 0.25) is 0 Å². The maximum absolute atomic E-state index is 12.9. The van der Waals surface area contributed by atoms with Gasteiger partial charge in [-0.05, 0) is 39.9 Å². The van der Waals surface area contributed by atoms with Crippen LogP contribution in [0.4, 0.5) is 0 Å². The van der Waals surface area contributed by atoms with Crippen molar-refractivity contribution in [2.24, 2.45) is 13.0 Å². The highest BCUT2D eigenvalue weighted by Gasteiger charge is 2.38. The van der Waals surface area contributed by atoms with Gasteiger partial charge in [0.25, 0.3) is 0 Å². The van der Waals surface area contributed by atoms with Gasteiger partial charge in [-0.2, -0.15) is 0 Å². The summed E-state index contributed by atoms with van der Waals surface area (Å²) in [6, 6.07) is 32.1. The Hall–Kier alpha value is -3.77. The number of hydrogen-bond donors (Lipinski definition) is 2. The van der Waals surface area contributed by atoms with E-state index in [4.69, 9.17) is 9.47 Å². The van der Waals surface area contributed by atoms with Crippen LogP contribution in [0.3, 0.4) is 0 Å². The van der Waals surface area contributed by atoms with Crippen molar-refractivity contribution in [1.82, 2.24) is 14.3 Å². The van der Waals surface area contributed by atoms with Crippen LogP contribution < -0.4 is 4.72 Å². The maximum Gasteiger partial charge on any atom is 0.240 e. The number of aliphatic hydroxyl groups excluding tert-OH is 1. The number of aliphatic hydroxyl groups is 1. The highest BCUT2D eigenvalue weighted by molar-refractivity contribution is 7.99. The van der Waals surface area contributed by atoms with Gasteiger partial charge in [-0.1, -0.05) is 110 Å². The van der Waals surface area contributed by atoms with E-state index in [1.165, 1.54) is 0 Å². The number of hydrogen-bond acceptors (Lipinski definition) is 7. The molecule has 0 saturated carbocycles. The summed E-state index contributed by atoms with van der Waals surface area (Å²) in [4.78, 5) is 4.70. The summed E-state index contributed by atoms with van der Waals surface area (Å²) in [5.41, 5.74) is 5.54. The van der Waals surface area contributed by atoms with E-state index in [2.05, 4.69) is 16.6 Å². The number of benzene rings is 4. The van der Waals surface area contributed by atoms with Crippen molar-refractivity contribution < 1.29 is 23.0 Å². The number of rotatable bonds is 11. The van der Waals surface area contributed by atoms with Crippen LogP contribution >= 0.6 is 11.8 Å². The Labute approximate surface area is 274 Å². The third-order valence-corrected chi connectivity index (χ3v) is 10.9. The van der Waals surface area contributed by atoms with E-state index in [0.29, 0.717) is 5.75 Å². The van der Waals surface area contributed by atoms with Gasteiger partial charge < -0.3 is 19.1 Å². The van der Waals surface area contributed by atoms with Crippen molar-refractivity contribution >= 4 is 21.8 Å². The lowest BCUT2D eigenvalue weighted by atomic mass is 9.91. The molecule has 0 aliphatic carbocycles. The van der Waals surface area contributed by atoms with Gasteiger partial charge in [0.1, 0.15) is 0 Å². The van der Waals surface area contributed by atoms with Crippen molar-refractivity contribution in [2.45, 2.75) is 48.6 Å². The molecule has 1 aliphatic rings. The number of aromatic nitrogens is 2. The normalized spacial score (nSPS) is 20.1. The van der Waals surface area contributed by atoms with E-state index in [-0.39, 0.29) is 36.2 Å². The van der Waals surface area contributed by atoms with E-state index in [1.54, 1.807) is 48.3 Å². The van der Waals surface area contributed by atoms with Crippen LogP contribution in [-0.4, -0.2) is 34.9 Å². The fourth-order valence-corrected chi connectivity index (χ4v) is 7.71. The largest absolute Gasteiger partial charge is 0.392 e. The number of ether oxygens (including phenoxy) is 2. The lowest BCUT2D eigenvalue weighted by Crippen LogP contribution is -2.38. The third-order valence-electron chi connectivity index (χ3n) is 8.29. The lowest BCUT2D eigenvalue weighted by molar-refractivity contribution is -0.268. The van der Waals surface area contributed by atoms with E-state index in [9.17, 15) is 13.5 Å². The van der Waals surface area contributed by atoms with Gasteiger partial charge in [0, 0.05) is 43.2 Å². The van der Waals surface area contributed by atoms with Crippen LogP contribution in [0, 0.1) is 5.92 Å². The van der Waals surface area contributed by atoms with Crippen LogP contribution in [0.5, 0.6) is 0 Å². The van der Waals surface area contributed by atoms with Crippen LogP contribution in [0.15, 0.2) is 126 Å². The Morgan fingerprint density at radius 2 is 1.59 bits per heavy atom. The van der Waals surface area contributed by atoms with Gasteiger partial charge in [0.05, 0.1) is 23.7 Å². The Morgan fingerprint density at radius 1 is 0.891 bits per heavy atom. The minimum Gasteiger partial charge on any atom is -0.392 e.